The predicted octanol–water partition coefficient (Wildman–Crippen LogP) is 0.817. The van der Waals surface area contributed by atoms with E-state index < -0.39 is 0 Å². The molecule has 0 aromatic rings. The van der Waals surface area contributed by atoms with Crippen LogP contribution in [0.3, 0.4) is 0 Å². The van der Waals surface area contributed by atoms with Gasteiger partial charge in [-0.25, -0.2) is 4.79 Å². The zero-order chi connectivity index (χ0) is 14.6. The van der Waals surface area contributed by atoms with Crippen molar-refractivity contribution >= 4 is 17.8 Å². The monoisotopic (exact) mass is 300 g/mol. The van der Waals surface area contributed by atoms with E-state index in [9.17, 15) is 4.79 Å². The summed E-state index contributed by atoms with van der Waals surface area (Å²) in [5, 5.41) is 6.02. The average molecular weight is 300 g/mol. The molecule has 2 fully saturated rings. The third-order valence-electron chi connectivity index (χ3n) is 4.37. The summed E-state index contributed by atoms with van der Waals surface area (Å²) in [6, 6.07) is 0.355. The molecule has 5 nitrogen and oxygen atoms in total. The second-order valence-corrected chi connectivity index (χ2v) is 7.62. The van der Waals surface area contributed by atoms with Crippen LogP contribution in [0.15, 0.2) is 0 Å². The maximum absolute atomic E-state index is 11.8. The molecule has 1 atom stereocenters. The number of carbonyl (C=O) groups excluding carboxylic acids is 1. The first kappa shape index (κ1) is 15.9. The van der Waals surface area contributed by atoms with Crippen molar-refractivity contribution in [1.29, 1.82) is 0 Å². The third kappa shape index (κ3) is 4.53. The molecule has 20 heavy (non-hydrogen) atoms. The van der Waals surface area contributed by atoms with E-state index in [1.165, 1.54) is 5.75 Å². The van der Waals surface area contributed by atoms with E-state index in [0.29, 0.717) is 6.04 Å². The van der Waals surface area contributed by atoms with E-state index in [-0.39, 0.29) is 11.6 Å². The number of hydrogen-bond donors (Lipinski definition) is 2. The van der Waals surface area contributed by atoms with Crippen LogP contribution in [0.4, 0.5) is 4.79 Å². The molecule has 2 aliphatic rings. The second-order valence-electron chi connectivity index (χ2n) is 6.47. The fraction of sp³-hybridized carbons (Fsp3) is 0.929. The normalized spacial score (nSPS) is 27.4. The molecule has 2 aliphatic heterocycles. The van der Waals surface area contributed by atoms with Gasteiger partial charge in [0.15, 0.2) is 0 Å². The number of urea groups is 1. The maximum Gasteiger partial charge on any atom is 0.315 e. The van der Waals surface area contributed by atoms with Crippen molar-refractivity contribution in [2.45, 2.75) is 31.8 Å². The molecule has 2 saturated heterocycles. The highest BCUT2D eigenvalue weighted by Crippen LogP contribution is 2.18. The summed E-state index contributed by atoms with van der Waals surface area (Å²) in [5.74, 6) is 2.22. The smallest absolute Gasteiger partial charge is 0.315 e. The maximum atomic E-state index is 11.8. The Labute approximate surface area is 126 Å². The van der Waals surface area contributed by atoms with Crippen molar-refractivity contribution in [2.75, 3.05) is 51.3 Å². The van der Waals surface area contributed by atoms with Crippen molar-refractivity contribution in [1.82, 2.24) is 20.4 Å². The van der Waals surface area contributed by atoms with Gasteiger partial charge >= 0.3 is 6.03 Å². The number of likely N-dealkylation sites (N-methyl/N-ethyl adjacent to an activating group) is 1. The summed E-state index contributed by atoms with van der Waals surface area (Å²) in [6.07, 6.45) is 1.10. The molecule has 116 valence electrons. The number of nitrogens with one attached hydrogen (secondary N) is 2. The van der Waals surface area contributed by atoms with Crippen molar-refractivity contribution in [3.05, 3.63) is 0 Å². The minimum Gasteiger partial charge on any atom is -0.337 e. The fourth-order valence-corrected chi connectivity index (χ4v) is 3.90. The molecule has 0 spiro atoms. The van der Waals surface area contributed by atoms with E-state index in [2.05, 4.69) is 41.3 Å². The van der Waals surface area contributed by atoms with Crippen molar-refractivity contribution in [3.63, 3.8) is 0 Å². The highest BCUT2D eigenvalue weighted by Gasteiger charge is 2.30. The van der Waals surface area contributed by atoms with Crippen LogP contribution in [0.5, 0.6) is 0 Å². The van der Waals surface area contributed by atoms with Gasteiger partial charge in [0, 0.05) is 50.1 Å². The van der Waals surface area contributed by atoms with E-state index in [0.717, 1.165) is 44.9 Å². The molecule has 2 amide bonds. The van der Waals surface area contributed by atoms with E-state index in [1.54, 1.807) is 0 Å². The van der Waals surface area contributed by atoms with Crippen LogP contribution < -0.4 is 10.6 Å². The summed E-state index contributed by atoms with van der Waals surface area (Å²) in [7, 11) is 2.18. The fourth-order valence-electron chi connectivity index (χ4n) is 2.74. The summed E-state index contributed by atoms with van der Waals surface area (Å²) >= 11 is 1.92. The topological polar surface area (TPSA) is 47.6 Å². The summed E-state index contributed by atoms with van der Waals surface area (Å²) < 4.78 is 0. The first-order valence-corrected chi connectivity index (χ1v) is 8.68. The molecule has 2 heterocycles. The second kappa shape index (κ2) is 7.00. The first-order valence-electron chi connectivity index (χ1n) is 7.53. The van der Waals surface area contributed by atoms with Crippen LogP contribution in [-0.2, 0) is 0 Å². The van der Waals surface area contributed by atoms with Crippen LogP contribution in [0.2, 0.25) is 0 Å². The lowest BCUT2D eigenvalue weighted by Gasteiger charge is -2.45. The quantitative estimate of drug-likeness (QED) is 0.807. The van der Waals surface area contributed by atoms with Crippen molar-refractivity contribution in [2.24, 2.45) is 0 Å². The highest BCUT2D eigenvalue weighted by atomic mass is 32.2. The molecule has 0 aromatic carbocycles. The number of rotatable bonds is 4. The van der Waals surface area contributed by atoms with Gasteiger partial charge in [0.1, 0.15) is 0 Å². The molecule has 0 radical (unpaired) electrons. The van der Waals surface area contributed by atoms with E-state index in [1.807, 2.05) is 11.8 Å². The Bertz CT molecular complexity index is 331. The first-order chi connectivity index (χ1) is 9.47. The molecular formula is C14H28N4OS. The molecular weight excluding hydrogens is 272 g/mol. The third-order valence-corrected chi connectivity index (χ3v) is 5.54. The van der Waals surface area contributed by atoms with Crippen LogP contribution in [0.25, 0.3) is 0 Å². The minimum atomic E-state index is -0.00844. The lowest BCUT2D eigenvalue weighted by molar-refractivity contribution is 0.0410. The molecule has 6 heteroatoms. The zero-order valence-electron chi connectivity index (χ0n) is 12.9. The summed E-state index contributed by atoms with van der Waals surface area (Å²) in [6.45, 7) is 9.46. The lowest BCUT2D eigenvalue weighted by Crippen LogP contribution is -2.58. The number of thioether (sulfide) groups is 1. The Hall–Kier alpha value is -0.460. The van der Waals surface area contributed by atoms with Gasteiger partial charge in [-0.3, -0.25) is 9.80 Å². The van der Waals surface area contributed by atoms with Gasteiger partial charge < -0.3 is 10.6 Å². The predicted molar refractivity (Wildman–Crippen MR) is 85.4 cm³/mol. The SMILES string of the molecule is CN1CCN(CCNC(=O)N[C@H]2CCSC2)CC1(C)C. The van der Waals surface area contributed by atoms with Gasteiger partial charge in [0.2, 0.25) is 0 Å². The Morgan fingerprint density at radius 2 is 2.20 bits per heavy atom. The Morgan fingerprint density at radius 1 is 1.40 bits per heavy atom. The number of hydrogen-bond acceptors (Lipinski definition) is 4. The molecule has 2 N–H and O–H groups in total. The molecule has 0 aliphatic carbocycles. The Kier molecular flexibility index (Phi) is 5.57. The van der Waals surface area contributed by atoms with Gasteiger partial charge in [-0.05, 0) is 33.1 Å². The Balaban J connectivity index is 1.62. The molecule has 0 saturated carbocycles. The van der Waals surface area contributed by atoms with Gasteiger partial charge in [-0.15, -0.1) is 0 Å². The minimum absolute atomic E-state index is 0.00844. The molecule has 0 bridgehead atoms. The largest absolute Gasteiger partial charge is 0.337 e. The van der Waals surface area contributed by atoms with E-state index >= 15 is 0 Å². The van der Waals surface area contributed by atoms with Crippen LogP contribution in [0, 0.1) is 0 Å². The molecule has 0 aromatic heterocycles. The summed E-state index contributed by atoms with van der Waals surface area (Å²) in [5.41, 5.74) is 0.224. The van der Waals surface area contributed by atoms with Crippen molar-refractivity contribution in [3.8, 4) is 0 Å². The standard InChI is InChI=1S/C14H28N4OS/c1-14(2)11-18(8-7-17(14)3)6-5-15-13(19)16-12-4-9-20-10-12/h12H,4-11H2,1-3H3,(H2,15,16,19)/t12-/m0/s1. The molecule has 2 rings (SSSR count). The molecule has 0 unspecified atom stereocenters. The number of carbonyl (C=O) groups is 1. The zero-order valence-corrected chi connectivity index (χ0v) is 13.8. The number of piperazine rings is 1. The van der Waals surface area contributed by atoms with Crippen LogP contribution in [-0.4, -0.2) is 78.7 Å². The summed E-state index contributed by atoms with van der Waals surface area (Å²) in [4.78, 5) is 16.6. The lowest BCUT2D eigenvalue weighted by atomic mass is 10.00. The van der Waals surface area contributed by atoms with Crippen LogP contribution in [0.1, 0.15) is 20.3 Å². The van der Waals surface area contributed by atoms with Gasteiger partial charge in [0.25, 0.3) is 0 Å². The van der Waals surface area contributed by atoms with Gasteiger partial charge in [-0.2, -0.15) is 11.8 Å². The van der Waals surface area contributed by atoms with Gasteiger partial charge in [-0.1, -0.05) is 0 Å². The Morgan fingerprint density at radius 3 is 2.85 bits per heavy atom. The van der Waals surface area contributed by atoms with Crippen molar-refractivity contribution < 1.29 is 4.79 Å². The number of nitrogens with zero attached hydrogens (tertiary/aromatic N) is 2. The van der Waals surface area contributed by atoms with E-state index in [4.69, 9.17) is 0 Å². The average Bonchev–Trinajstić information content (AvgIpc) is 2.86. The van der Waals surface area contributed by atoms with Gasteiger partial charge in [0.05, 0.1) is 0 Å². The van der Waals surface area contributed by atoms with Crippen LogP contribution >= 0.6 is 11.8 Å². The number of amides is 2. The highest BCUT2D eigenvalue weighted by molar-refractivity contribution is 7.99.